The number of alkyl halides is 3. The minimum Gasteiger partial charge on any atom is -0.378 e. The van der Waals surface area contributed by atoms with E-state index in [0.29, 0.717) is 49.2 Å². The lowest BCUT2D eigenvalue weighted by atomic mass is 10.1. The Hall–Kier alpha value is -4.33. The largest absolute Gasteiger partial charge is 0.416 e. The number of pyridine rings is 1. The van der Waals surface area contributed by atoms with E-state index in [1.807, 2.05) is 0 Å². The van der Waals surface area contributed by atoms with Crippen LogP contribution >= 0.6 is 0 Å². The van der Waals surface area contributed by atoms with Gasteiger partial charge in [0.05, 0.1) is 43.1 Å². The molecule has 1 fully saturated rings. The molecular formula is C24H23F4N9O. The van der Waals surface area contributed by atoms with Crippen molar-refractivity contribution in [3.05, 3.63) is 60.3 Å². The summed E-state index contributed by atoms with van der Waals surface area (Å²) in [5.74, 6) is 0.251. The molecule has 1 aliphatic rings. The first-order valence-corrected chi connectivity index (χ1v) is 11.6. The van der Waals surface area contributed by atoms with Gasteiger partial charge in [0.15, 0.2) is 29.0 Å². The van der Waals surface area contributed by atoms with E-state index < -0.39 is 17.6 Å². The lowest BCUT2D eigenvalue weighted by Gasteiger charge is -2.27. The van der Waals surface area contributed by atoms with Gasteiger partial charge in [-0.2, -0.15) is 13.2 Å². The van der Waals surface area contributed by atoms with Crippen LogP contribution in [0.5, 0.6) is 0 Å². The normalized spacial score (nSPS) is 14.0. The van der Waals surface area contributed by atoms with Crippen LogP contribution in [-0.2, 0) is 10.9 Å². The zero-order valence-electron chi connectivity index (χ0n) is 20.4. The van der Waals surface area contributed by atoms with Crippen molar-refractivity contribution in [1.29, 1.82) is 0 Å². The molecule has 0 atom stereocenters. The molecule has 0 unspecified atom stereocenters. The molecule has 1 saturated heterocycles. The van der Waals surface area contributed by atoms with E-state index in [9.17, 15) is 17.6 Å². The fraction of sp³-hybridized carbons (Fsp3) is 0.292. The predicted octanol–water partition coefficient (Wildman–Crippen LogP) is 3.92. The van der Waals surface area contributed by atoms with Gasteiger partial charge >= 0.3 is 6.18 Å². The average Bonchev–Trinajstić information content (AvgIpc) is 3.39. The van der Waals surface area contributed by atoms with Crippen molar-refractivity contribution in [2.24, 2.45) is 0 Å². The maximum Gasteiger partial charge on any atom is 0.416 e. The van der Waals surface area contributed by atoms with Crippen LogP contribution in [0.15, 0.2) is 48.9 Å². The summed E-state index contributed by atoms with van der Waals surface area (Å²) in [7, 11) is 3.34. The van der Waals surface area contributed by atoms with Crippen molar-refractivity contribution in [3.8, 4) is 17.3 Å². The van der Waals surface area contributed by atoms with E-state index in [1.54, 1.807) is 48.3 Å². The smallest absolute Gasteiger partial charge is 0.378 e. The fourth-order valence-corrected chi connectivity index (χ4v) is 3.82. The van der Waals surface area contributed by atoms with Gasteiger partial charge in [-0.25, -0.2) is 24.0 Å². The highest BCUT2D eigenvalue weighted by molar-refractivity contribution is 5.66. The molecule has 4 aromatic rings. The standard InChI is InChI=1S/C24H23F4N9O/c1-35(2)18-10-15(24(26,27)28)9-17(11-18)31-16-3-4-21(29-12-16)37-14-20(33-34-37)22-30-13-19(25)23(32-22)36-5-7-38-8-6-36/h3-4,9-14,31H,5-8H2,1-2H3. The monoisotopic (exact) mass is 529 g/mol. The Bertz CT molecular complexity index is 1420. The van der Waals surface area contributed by atoms with Crippen LogP contribution in [0, 0.1) is 5.82 Å². The summed E-state index contributed by atoms with van der Waals surface area (Å²) in [5, 5.41) is 11.1. The van der Waals surface area contributed by atoms with Crippen LogP contribution in [-0.4, -0.2) is 70.3 Å². The molecule has 0 amide bonds. The lowest BCUT2D eigenvalue weighted by molar-refractivity contribution is -0.137. The summed E-state index contributed by atoms with van der Waals surface area (Å²) in [4.78, 5) is 16.1. The maximum atomic E-state index is 14.4. The summed E-state index contributed by atoms with van der Waals surface area (Å²) < 4.78 is 61.1. The van der Waals surface area contributed by atoms with Gasteiger partial charge in [0.2, 0.25) is 0 Å². The number of aromatic nitrogens is 6. The van der Waals surface area contributed by atoms with E-state index in [0.717, 1.165) is 18.3 Å². The number of benzene rings is 1. The molecule has 0 saturated carbocycles. The minimum atomic E-state index is -4.48. The van der Waals surface area contributed by atoms with Crippen molar-refractivity contribution >= 4 is 22.9 Å². The number of hydrogen-bond acceptors (Lipinski definition) is 9. The summed E-state index contributed by atoms with van der Waals surface area (Å²) in [5.41, 5.74) is 0.719. The number of morpholine rings is 1. The van der Waals surface area contributed by atoms with Crippen LogP contribution in [0.3, 0.4) is 0 Å². The molecule has 1 aliphatic heterocycles. The number of nitrogens with zero attached hydrogens (tertiary/aromatic N) is 8. The van der Waals surface area contributed by atoms with Crippen molar-refractivity contribution < 1.29 is 22.3 Å². The predicted molar refractivity (Wildman–Crippen MR) is 132 cm³/mol. The van der Waals surface area contributed by atoms with Gasteiger partial charge in [-0.1, -0.05) is 5.21 Å². The van der Waals surface area contributed by atoms with Gasteiger partial charge in [-0.15, -0.1) is 5.10 Å². The number of halogens is 4. The molecule has 10 nitrogen and oxygen atoms in total. The Morgan fingerprint density at radius 3 is 2.47 bits per heavy atom. The molecule has 14 heteroatoms. The molecule has 0 bridgehead atoms. The molecule has 1 N–H and O–H groups in total. The quantitative estimate of drug-likeness (QED) is 0.373. The number of nitrogens with one attached hydrogen (secondary N) is 1. The Morgan fingerprint density at radius 2 is 1.79 bits per heavy atom. The lowest BCUT2D eigenvalue weighted by Crippen LogP contribution is -2.37. The van der Waals surface area contributed by atoms with Crippen LogP contribution in [0.25, 0.3) is 17.3 Å². The molecule has 38 heavy (non-hydrogen) atoms. The molecule has 3 aromatic heterocycles. The van der Waals surface area contributed by atoms with Crippen molar-refractivity contribution in [2.45, 2.75) is 6.18 Å². The molecule has 4 heterocycles. The summed E-state index contributed by atoms with van der Waals surface area (Å²) in [6.07, 6.45) is -0.355. The molecule has 0 spiro atoms. The number of ether oxygens (including phenoxy) is 1. The fourth-order valence-electron chi connectivity index (χ4n) is 3.82. The van der Waals surface area contributed by atoms with Gasteiger partial charge in [0.25, 0.3) is 0 Å². The van der Waals surface area contributed by atoms with E-state index >= 15 is 0 Å². The topological polar surface area (TPSA) is 97.1 Å². The summed E-state index contributed by atoms with van der Waals surface area (Å²) in [6.45, 7) is 1.99. The van der Waals surface area contributed by atoms with Gasteiger partial charge < -0.3 is 19.9 Å². The van der Waals surface area contributed by atoms with E-state index in [4.69, 9.17) is 4.74 Å². The zero-order valence-corrected chi connectivity index (χ0v) is 20.4. The maximum absolute atomic E-state index is 14.4. The summed E-state index contributed by atoms with van der Waals surface area (Å²) in [6, 6.07) is 7.03. The second kappa shape index (κ2) is 10.2. The molecule has 1 aromatic carbocycles. The summed E-state index contributed by atoms with van der Waals surface area (Å²) >= 11 is 0. The molecule has 0 radical (unpaired) electrons. The van der Waals surface area contributed by atoms with Crippen LogP contribution < -0.4 is 15.1 Å². The van der Waals surface area contributed by atoms with Gasteiger partial charge in [0, 0.05) is 38.6 Å². The van der Waals surface area contributed by atoms with Crippen LogP contribution in [0.4, 0.5) is 40.4 Å². The highest BCUT2D eigenvalue weighted by atomic mass is 19.4. The van der Waals surface area contributed by atoms with Crippen molar-refractivity contribution in [3.63, 3.8) is 0 Å². The molecule has 198 valence electrons. The third-order valence-corrected chi connectivity index (χ3v) is 5.79. The van der Waals surface area contributed by atoms with Crippen molar-refractivity contribution in [1.82, 2.24) is 29.9 Å². The second-order valence-electron chi connectivity index (χ2n) is 8.70. The Kier molecular flexibility index (Phi) is 6.80. The highest BCUT2D eigenvalue weighted by Crippen LogP contribution is 2.35. The van der Waals surface area contributed by atoms with Crippen molar-refractivity contribution in [2.75, 3.05) is 55.5 Å². The SMILES string of the molecule is CN(C)c1cc(Nc2ccc(-n3cc(-c4ncc(F)c(N5CCOCC5)n4)nn3)nc2)cc(C(F)(F)F)c1. The van der Waals surface area contributed by atoms with E-state index in [1.165, 1.54) is 10.9 Å². The first-order valence-electron chi connectivity index (χ1n) is 11.6. The zero-order chi connectivity index (χ0) is 26.9. The third kappa shape index (κ3) is 5.49. The molecular weight excluding hydrogens is 506 g/mol. The average molecular weight is 530 g/mol. The highest BCUT2D eigenvalue weighted by Gasteiger charge is 2.31. The first-order chi connectivity index (χ1) is 18.2. The van der Waals surface area contributed by atoms with E-state index in [2.05, 4.69) is 30.6 Å². The Balaban J connectivity index is 1.34. The molecule has 5 rings (SSSR count). The number of hydrogen-bond donors (Lipinski definition) is 1. The minimum absolute atomic E-state index is 0.174. The van der Waals surface area contributed by atoms with Crippen LogP contribution in [0.1, 0.15) is 5.56 Å². The van der Waals surface area contributed by atoms with Crippen LogP contribution in [0.2, 0.25) is 0 Å². The number of rotatable bonds is 6. The molecule has 0 aliphatic carbocycles. The Morgan fingerprint density at radius 1 is 1.00 bits per heavy atom. The van der Waals surface area contributed by atoms with Gasteiger partial charge in [0.1, 0.15) is 0 Å². The van der Waals surface area contributed by atoms with Gasteiger partial charge in [-0.05, 0) is 30.3 Å². The Labute approximate surface area is 214 Å². The van der Waals surface area contributed by atoms with Gasteiger partial charge in [-0.3, -0.25) is 0 Å². The number of anilines is 4. The van der Waals surface area contributed by atoms with E-state index in [-0.39, 0.29) is 17.3 Å². The third-order valence-electron chi connectivity index (χ3n) is 5.79. The first kappa shape index (κ1) is 25.3. The second-order valence-corrected chi connectivity index (χ2v) is 8.70.